The van der Waals surface area contributed by atoms with Crippen LogP contribution in [0, 0.1) is 19.7 Å². The lowest BCUT2D eigenvalue weighted by atomic mass is 9.94. The van der Waals surface area contributed by atoms with Crippen LogP contribution < -0.4 is 0 Å². The largest absolute Gasteiger partial charge is 0.347 e. The van der Waals surface area contributed by atoms with Gasteiger partial charge in [-0.2, -0.15) is 5.10 Å². The number of ether oxygens (including phenoxy) is 2. The molecule has 2 aromatic rings. The third kappa shape index (κ3) is 4.58. The summed E-state index contributed by atoms with van der Waals surface area (Å²) in [6, 6.07) is 12.5. The van der Waals surface area contributed by atoms with Crippen LogP contribution in [-0.2, 0) is 14.3 Å². The summed E-state index contributed by atoms with van der Waals surface area (Å²) in [4.78, 5) is 15.6. The van der Waals surface area contributed by atoms with Crippen molar-refractivity contribution in [2.45, 2.75) is 44.9 Å². The fourth-order valence-corrected chi connectivity index (χ4v) is 5.02. The third-order valence-corrected chi connectivity index (χ3v) is 6.93. The lowest BCUT2D eigenvalue weighted by molar-refractivity contribution is -0.186. The second kappa shape index (κ2) is 8.97. The summed E-state index contributed by atoms with van der Waals surface area (Å²) < 4.78 is 25.1. The fourth-order valence-electron chi connectivity index (χ4n) is 5.02. The van der Waals surface area contributed by atoms with Gasteiger partial charge in [0.25, 0.3) is 5.91 Å². The van der Waals surface area contributed by atoms with E-state index in [0.717, 1.165) is 53.9 Å². The second-order valence-electron chi connectivity index (χ2n) is 9.26. The molecule has 174 valence electrons. The lowest BCUT2D eigenvalue weighted by Crippen LogP contribution is -2.48. The summed E-state index contributed by atoms with van der Waals surface area (Å²) in [7, 11) is 0. The average Bonchev–Trinajstić information content (AvgIpc) is 3.45. The van der Waals surface area contributed by atoms with Gasteiger partial charge in [0.1, 0.15) is 5.82 Å². The molecule has 5 rings (SSSR count). The van der Waals surface area contributed by atoms with Gasteiger partial charge in [0.15, 0.2) is 5.79 Å². The zero-order valence-corrected chi connectivity index (χ0v) is 19.2. The molecule has 3 heterocycles. The maximum Gasteiger partial charge on any atom is 0.257 e. The highest BCUT2D eigenvalue weighted by atomic mass is 19.1. The van der Waals surface area contributed by atoms with Crippen LogP contribution in [0.2, 0.25) is 0 Å². The summed E-state index contributed by atoms with van der Waals surface area (Å²) in [6.45, 7) is 7.22. The van der Waals surface area contributed by atoms with Crippen LogP contribution >= 0.6 is 0 Å². The van der Waals surface area contributed by atoms with E-state index in [9.17, 15) is 9.18 Å². The zero-order chi connectivity index (χ0) is 23.0. The Morgan fingerprint density at radius 1 is 1.09 bits per heavy atom. The number of halogens is 1. The van der Waals surface area contributed by atoms with Gasteiger partial charge in [0.05, 0.1) is 31.5 Å². The van der Waals surface area contributed by atoms with Crippen molar-refractivity contribution >= 4 is 11.6 Å². The Hall–Kier alpha value is -2.61. The van der Waals surface area contributed by atoms with Gasteiger partial charge in [-0.25, -0.2) is 9.40 Å². The number of likely N-dealkylation sites (tertiary alicyclic amines) is 1. The summed E-state index contributed by atoms with van der Waals surface area (Å²) >= 11 is 0. The molecule has 1 spiro atoms. The summed E-state index contributed by atoms with van der Waals surface area (Å²) in [6.07, 6.45) is 2.14. The number of aryl methyl sites for hydroxylation is 2. The van der Waals surface area contributed by atoms with Crippen molar-refractivity contribution in [1.82, 2.24) is 9.91 Å². The van der Waals surface area contributed by atoms with E-state index in [1.807, 2.05) is 0 Å². The molecular weight excluding hydrogens is 421 g/mol. The lowest BCUT2D eigenvalue weighted by Gasteiger charge is -2.37. The molecule has 0 aromatic heterocycles. The minimum absolute atomic E-state index is 0.0257. The van der Waals surface area contributed by atoms with Crippen LogP contribution in [0.4, 0.5) is 4.39 Å². The first-order valence-corrected chi connectivity index (χ1v) is 11.7. The van der Waals surface area contributed by atoms with Crippen LogP contribution in [0.1, 0.15) is 47.6 Å². The number of hydrogen-bond acceptors (Lipinski definition) is 5. The SMILES string of the molecule is Cc1ccc(C)c([C@H]2CC(c3ccc(F)cc3)=NN2C(=O)CN2CCC3(CC2)OCCO3)c1. The Labute approximate surface area is 194 Å². The smallest absolute Gasteiger partial charge is 0.257 e. The van der Waals surface area contributed by atoms with Gasteiger partial charge < -0.3 is 9.47 Å². The van der Waals surface area contributed by atoms with Crippen molar-refractivity contribution in [3.8, 4) is 0 Å². The van der Waals surface area contributed by atoms with E-state index in [0.29, 0.717) is 26.2 Å². The van der Waals surface area contributed by atoms with E-state index < -0.39 is 5.79 Å². The maximum atomic E-state index is 13.5. The average molecular weight is 452 g/mol. The molecule has 2 fully saturated rings. The Morgan fingerprint density at radius 3 is 2.48 bits per heavy atom. The molecular formula is C26H30FN3O3. The Morgan fingerprint density at radius 2 is 1.79 bits per heavy atom. The van der Waals surface area contributed by atoms with Crippen molar-refractivity contribution in [1.29, 1.82) is 0 Å². The molecule has 2 saturated heterocycles. The molecule has 1 atom stereocenters. The number of rotatable bonds is 4. The fraction of sp³-hybridized carbons (Fsp3) is 0.462. The maximum absolute atomic E-state index is 13.5. The molecule has 0 radical (unpaired) electrons. The number of hydrazone groups is 1. The van der Waals surface area contributed by atoms with Crippen LogP contribution in [0.3, 0.4) is 0 Å². The van der Waals surface area contributed by atoms with Crippen molar-refractivity contribution < 1.29 is 18.7 Å². The van der Waals surface area contributed by atoms with E-state index in [1.165, 1.54) is 12.1 Å². The van der Waals surface area contributed by atoms with Gasteiger partial charge in [0.2, 0.25) is 0 Å². The Balaban J connectivity index is 1.37. The van der Waals surface area contributed by atoms with E-state index in [4.69, 9.17) is 14.6 Å². The highest BCUT2D eigenvalue weighted by Crippen LogP contribution is 2.36. The predicted octanol–water partition coefficient (Wildman–Crippen LogP) is 3.96. The number of carbonyl (C=O) groups is 1. The standard InChI is InChI=1S/C26H30FN3O3/c1-18-3-4-19(2)22(15-18)24-16-23(20-5-7-21(27)8-6-20)28-30(24)25(31)17-29-11-9-26(10-12-29)32-13-14-33-26/h3-8,15,24H,9-14,16-17H2,1-2H3/t24-/m1/s1. The molecule has 1 amide bonds. The number of nitrogens with zero attached hydrogens (tertiary/aromatic N) is 3. The van der Waals surface area contributed by atoms with Gasteiger partial charge in [-0.3, -0.25) is 9.69 Å². The van der Waals surface area contributed by atoms with E-state index in [2.05, 4.69) is 36.9 Å². The van der Waals surface area contributed by atoms with Gasteiger partial charge >= 0.3 is 0 Å². The van der Waals surface area contributed by atoms with E-state index in [-0.39, 0.29) is 17.8 Å². The van der Waals surface area contributed by atoms with Crippen LogP contribution in [0.15, 0.2) is 47.6 Å². The first-order chi connectivity index (χ1) is 15.9. The predicted molar refractivity (Wildman–Crippen MR) is 123 cm³/mol. The highest BCUT2D eigenvalue weighted by molar-refractivity contribution is 6.03. The van der Waals surface area contributed by atoms with Gasteiger partial charge in [-0.1, -0.05) is 35.9 Å². The molecule has 33 heavy (non-hydrogen) atoms. The van der Waals surface area contributed by atoms with Gasteiger partial charge in [0, 0.05) is 32.4 Å². The van der Waals surface area contributed by atoms with Gasteiger partial charge in [-0.05, 0) is 42.7 Å². The molecule has 0 saturated carbocycles. The first-order valence-electron chi connectivity index (χ1n) is 11.7. The second-order valence-corrected chi connectivity index (χ2v) is 9.26. The van der Waals surface area contributed by atoms with E-state index >= 15 is 0 Å². The monoisotopic (exact) mass is 451 g/mol. The number of carbonyl (C=O) groups excluding carboxylic acids is 1. The van der Waals surface area contributed by atoms with Crippen molar-refractivity contribution in [2.24, 2.45) is 5.10 Å². The first kappa shape index (κ1) is 22.2. The number of amides is 1. The normalized spacial score (nSPS) is 22.7. The number of hydrogen-bond donors (Lipinski definition) is 0. The molecule has 3 aliphatic heterocycles. The topological polar surface area (TPSA) is 54.4 Å². The van der Waals surface area contributed by atoms with Crippen LogP contribution in [-0.4, -0.2) is 60.2 Å². The summed E-state index contributed by atoms with van der Waals surface area (Å²) in [5.74, 6) is -0.765. The van der Waals surface area contributed by atoms with Crippen molar-refractivity contribution in [3.63, 3.8) is 0 Å². The Bertz CT molecular complexity index is 1050. The molecule has 0 aliphatic carbocycles. The van der Waals surface area contributed by atoms with Crippen LogP contribution in [0.5, 0.6) is 0 Å². The van der Waals surface area contributed by atoms with E-state index in [1.54, 1.807) is 17.1 Å². The molecule has 0 N–H and O–H groups in total. The number of benzene rings is 2. The van der Waals surface area contributed by atoms with Crippen molar-refractivity contribution in [2.75, 3.05) is 32.8 Å². The quantitative estimate of drug-likeness (QED) is 0.706. The third-order valence-electron chi connectivity index (χ3n) is 6.93. The molecule has 0 unspecified atom stereocenters. The van der Waals surface area contributed by atoms with Gasteiger partial charge in [-0.15, -0.1) is 0 Å². The molecule has 6 nitrogen and oxygen atoms in total. The molecule has 2 aromatic carbocycles. The zero-order valence-electron chi connectivity index (χ0n) is 19.2. The summed E-state index contributed by atoms with van der Waals surface area (Å²) in [5, 5.41) is 6.40. The van der Waals surface area contributed by atoms with Crippen LogP contribution in [0.25, 0.3) is 0 Å². The minimum atomic E-state index is -0.456. The molecule has 7 heteroatoms. The minimum Gasteiger partial charge on any atom is -0.347 e. The summed E-state index contributed by atoms with van der Waals surface area (Å²) in [5.41, 5.74) is 5.04. The Kier molecular flexibility index (Phi) is 6.03. The number of piperidine rings is 1. The molecule has 3 aliphatic rings. The highest BCUT2D eigenvalue weighted by Gasteiger charge is 2.41. The molecule has 0 bridgehead atoms. The van der Waals surface area contributed by atoms with Crippen molar-refractivity contribution in [3.05, 3.63) is 70.5 Å².